The standard InChI is InChI=1S/C13H15BrClF2NO2/c14-10-6-8(15)7-11(12(10)20-13(16)17)18-9-2-1-4-19-5-3-9/h6-7,9,13,18H,1-5H2. The number of benzene rings is 1. The van der Waals surface area contributed by atoms with Gasteiger partial charge in [-0.05, 0) is 47.3 Å². The van der Waals surface area contributed by atoms with Crippen LogP contribution in [0.15, 0.2) is 16.6 Å². The summed E-state index contributed by atoms with van der Waals surface area (Å²) in [4.78, 5) is 0. The molecular weight excluding hydrogens is 356 g/mol. The highest BCUT2D eigenvalue weighted by Crippen LogP contribution is 2.38. The zero-order valence-electron chi connectivity index (χ0n) is 10.7. The Morgan fingerprint density at radius 3 is 2.90 bits per heavy atom. The van der Waals surface area contributed by atoms with Gasteiger partial charge in [-0.1, -0.05) is 11.6 Å². The van der Waals surface area contributed by atoms with Crippen molar-refractivity contribution in [2.24, 2.45) is 0 Å². The topological polar surface area (TPSA) is 30.5 Å². The first-order valence-corrected chi connectivity index (χ1v) is 7.51. The molecule has 0 spiro atoms. The van der Waals surface area contributed by atoms with Gasteiger partial charge >= 0.3 is 6.61 Å². The third-order valence-electron chi connectivity index (χ3n) is 3.03. The molecule has 7 heteroatoms. The molecule has 1 saturated heterocycles. The van der Waals surface area contributed by atoms with E-state index in [-0.39, 0.29) is 11.8 Å². The molecule has 1 aliphatic heterocycles. The average Bonchev–Trinajstić information content (AvgIpc) is 2.62. The van der Waals surface area contributed by atoms with E-state index in [0.717, 1.165) is 25.9 Å². The minimum atomic E-state index is -2.88. The second-order valence-corrected chi connectivity index (χ2v) is 5.82. The molecule has 0 aliphatic carbocycles. The minimum absolute atomic E-state index is 0.0783. The average molecular weight is 371 g/mol. The lowest BCUT2D eigenvalue weighted by Gasteiger charge is -2.20. The zero-order valence-corrected chi connectivity index (χ0v) is 13.0. The lowest BCUT2D eigenvalue weighted by molar-refractivity contribution is -0.0499. The summed E-state index contributed by atoms with van der Waals surface area (Å²) in [5.41, 5.74) is 0.469. The van der Waals surface area contributed by atoms with Gasteiger partial charge in [-0.2, -0.15) is 8.78 Å². The monoisotopic (exact) mass is 369 g/mol. The van der Waals surface area contributed by atoms with Crippen LogP contribution in [-0.4, -0.2) is 25.9 Å². The lowest BCUT2D eigenvalue weighted by atomic mass is 10.1. The fraction of sp³-hybridized carbons (Fsp3) is 0.538. The van der Waals surface area contributed by atoms with E-state index in [9.17, 15) is 8.78 Å². The van der Waals surface area contributed by atoms with E-state index in [0.29, 0.717) is 21.8 Å². The fourth-order valence-electron chi connectivity index (χ4n) is 2.14. The van der Waals surface area contributed by atoms with Gasteiger partial charge in [0.05, 0.1) is 10.2 Å². The number of hydrogen-bond donors (Lipinski definition) is 1. The summed E-state index contributed by atoms with van der Waals surface area (Å²) >= 11 is 9.17. The van der Waals surface area contributed by atoms with E-state index in [1.165, 1.54) is 6.07 Å². The van der Waals surface area contributed by atoms with Gasteiger partial charge in [0.1, 0.15) is 0 Å². The Balaban J connectivity index is 2.19. The molecule has 0 amide bonds. The van der Waals surface area contributed by atoms with Crippen molar-refractivity contribution in [2.75, 3.05) is 18.5 Å². The van der Waals surface area contributed by atoms with Crippen molar-refractivity contribution in [1.82, 2.24) is 0 Å². The highest BCUT2D eigenvalue weighted by atomic mass is 79.9. The second-order valence-electron chi connectivity index (χ2n) is 4.53. The summed E-state index contributed by atoms with van der Waals surface area (Å²) in [5.74, 6) is 0.0783. The molecule has 112 valence electrons. The molecule has 1 atom stereocenters. The van der Waals surface area contributed by atoms with Crippen LogP contribution in [0.3, 0.4) is 0 Å². The number of ether oxygens (including phenoxy) is 2. The van der Waals surface area contributed by atoms with Crippen LogP contribution in [0, 0.1) is 0 Å². The predicted octanol–water partition coefficient (Wildman–Crippen LogP) is 4.68. The Labute approximate surface area is 129 Å². The molecule has 0 aromatic heterocycles. The summed E-state index contributed by atoms with van der Waals surface area (Å²) in [6.45, 7) is -1.49. The van der Waals surface area contributed by atoms with E-state index in [4.69, 9.17) is 16.3 Å². The third-order valence-corrected chi connectivity index (χ3v) is 3.83. The quantitative estimate of drug-likeness (QED) is 0.834. The largest absolute Gasteiger partial charge is 0.431 e. The molecule has 1 heterocycles. The van der Waals surface area contributed by atoms with Crippen LogP contribution in [-0.2, 0) is 4.74 Å². The number of nitrogens with one attached hydrogen (secondary N) is 1. The number of rotatable bonds is 4. The summed E-state index contributed by atoms with van der Waals surface area (Å²) in [5, 5.41) is 3.67. The first kappa shape index (κ1) is 15.8. The van der Waals surface area contributed by atoms with E-state index in [2.05, 4.69) is 26.0 Å². The van der Waals surface area contributed by atoms with Gasteiger partial charge in [-0.3, -0.25) is 0 Å². The van der Waals surface area contributed by atoms with Crippen molar-refractivity contribution in [1.29, 1.82) is 0 Å². The summed E-state index contributed by atoms with van der Waals surface area (Å²) in [6.07, 6.45) is 2.67. The van der Waals surface area contributed by atoms with Crippen LogP contribution in [0.4, 0.5) is 14.5 Å². The van der Waals surface area contributed by atoms with Crippen LogP contribution in [0.1, 0.15) is 19.3 Å². The van der Waals surface area contributed by atoms with Crippen molar-refractivity contribution in [3.8, 4) is 5.75 Å². The van der Waals surface area contributed by atoms with Crippen LogP contribution >= 0.6 is 27.5 Å². The van der Waals surface area contributed by atoms with Gasteiger partial charge < -0.3 is 14.8 Å². The molecule has 1 N–H and O–H groups in total. The maximum absolute atomic E-state index is 12.5. The third kappa shape index (κ3) is 4.46. The van der Waals surface area contributed by atoms with Crippen molar-refractivity contribution in [3.05, 3.63) is 21.6 Å². The summed E-state index contributed by atoms with van der Waals surface area (Å²) in [6, 6.07) is 3.28. The summed E-state index contributed by atoms with van der Waals surface area (Å²) < 4.78 is 35.4. The minimum Gasteiger partial charge on any atom is -0.431 e. The molecule has 2 rings (SSSR count). The van der Waals surface area contributed by atoms with Crippen LogP contribution in [0.5, 0.6) is 5.75 Å². The maximum Gasteiger partial charge on any atom is 0.387 e. The molecule has 1 aromatic rings. The predicted molar refractivity (Wildman–Crippen MR) is 77.9 cm³/mol. The molecule has 20 heavy (non-hydrogen) atoms. The van der Waals surface area contributed by atoms with Gasteiger partial charge in [-0.15, -0.1) is 0 Å². The SMILES string of the molecule is FC(F)Oc1c(Br)cc(Cl)cc1NC1CCCOCC1. The molecule has 0 bridgehead atoms. The van der Waals surface area contributed by atoms with Crippen LogP contribution in [0.25, 0.3) is 0 Å². The van der Waals surface area contributed by atoms with Crippen LogP contribution in [0.2, 0.25) is 5.02 Å². The molecule has 3 nitrogen and oxygen atoms in total. The molecule has 0 radical (unpaired) electrons. The molecule has 0 saturated carbocycles. The van der Waals surface area contributed by atoms with E-state index < -0.39 is 6.61 Å². The van der Waals surface area contributed by atoms with E-state index >= 15 is 0 Å². The van der Waals surface area contributed by atoms with Crippen molar-refractivity contribution >= 4 is 33.2 Å². The fourth-order valence-corrected chi connectivity index (χ4v) is 3.05. The lowest BCUT2D eigenvalue weighted by Crippen LogP contribution is -2.20. The Hall–Kier alpha value is -0.590. The Kier molecular flexibility index (Phi) is 5.86. The first-order valence-electron chi connectivity index (χ1n) is 6.34. The number of hydrogen-bond acceptors (Lipinski definition) is 3. The Morgan fingerprint density at radius 2 is 2.15 bits per heavy atom. The molecule has 1 aliphatic rings. The number of anilines is 1. The highest BCUT2D eigenvalue weighted by Gasteiger charge is 2.19. The van der Waals surface area contributed by atoms with Gasteiger partial charge in [0, 0.05) is 24.3 Å². The normalized spacial score (nSPS) is 19.8. The molecule has 1 aromatic carbocycles. The zero-order chi connectivity index (χ0) is 14.5. The highest BCUT2D eigenvalue weighted by molar-refractivity contribution is 9.10. The van der Waals surface area contributed by atoms with Gasteiger partial charge in [0.2, 0.25) is 0 Å². The van der Waals surface area contributed by atoms with Crippen molar-refractivity contribution < 1.29 is 18.3 Å². The van der Waals surface area contributed by atoms with E-state index in [1.807, 2.05) is 0 Å². The molecule has 1 unspecified atom stereocenters. The van der Waals surface area contributed by atoms with Gasteiger partial charge in [-0.25, -0.2) is 0 Å². The van der Waals surface area contributed by atoms with E-state index in [1.54, 1.807) is 6.07 Å². The van der Waals surface area contributed by atoms with Crippen molar-refractivity contribution in [2.45, 2.75) is 31.9 Å². The summed E-state index contributed by atoms with van der Waals surface area (Å²) in [7, 11) is 0. The van der Waals surface area contributed by atoms with Gasteiger partial charge in [0.15, 0.2) is 5.75 Å². The molecule has 1 fully saturated rings. The van der Waals surface area contributed by atoms with Crippen molar-refractivity contribution in [3.63, 3.8) is 0 Å². The second kappa shape index (κ2) is 7.43. The maximum atomic E-state index is 12.5. The number of alkyl halides is 2. The molecular formula is C13H15BrClF2NO2. The smallest absolute Gasteiger partial charge is 0.387 e. The number of halogens is 4. The van der Waals surface area contributed by atoms with Crippen LogP contribution < -0.4 is 10.1 Å². The Morgan fingerprint density at radius 1 is 1.35 bits per heavy atom. The Bertz CT molecular complexity index is 454. The van der Waals surface area contributed by atoms with Gasteiger partial charge in [0.25, 0.3) is 0 Å². The first-order chi connectivity index (χ1) is 9.56.